The Balaban J connectivity index is 1.59. The van der Waals surface area contributed by atoms with E-state index in [1.54, 1.807) is 6.92 Å². The van der Waals surface area contributed by atoms with Gasteiger partial charge in [0.25, 0.3) is 0 Å². The SMILES string of the molecule is CC(=O)N1c2ccc(-c3cnn(C4CCNCC4)c3)c(Cc3ccc(C#N)cc3)c2CCC1C. The number of benzene rings is 2. The number of aromatic nitrogens is 2. The molecule has 1 unspecified atom stereocenters. The summed E-state index contributed by atoms with van der Waals surface area (Å²) in [6, 6.07) is 14.9. The number of piperidine rings is 1. The van der Waals surface area contributed by atoms with Crippen LogP contribution in [0.3, 0.4) is 0 Å². The summed E-state index contributed by atoms with van der Waals surface area (Å²) in [6.07, 6.45) is 9.01. The van der Waals surface area contributed by atoms with Gasteiger partial charge in [-0.25, -0.2) is 0 Å². The zero-order valence-corrected chi connectivity index (χ0v) is 19.9. The van der Waals surface area contributed by atoms with Crippen molar-refractivity contribution >= 4 is 11.6 Å². The minimum atomic E-state index is 0.0873. The Labute approximate surface area is 201 Å². The molecular formula is C28H31N5O. The molecule has 0 bridgehead atoms. The molecule has 0 radical (unpaired) electrons. The molecular weight excluding hydrogens is 422 g/mol. The Morgan fingerprint density at radius 1 is 1.15 bits per heavy atom. The predicted octanol–water partition coefficient (Wildman–Crippen LogP) is 4.62. The van der Waals surface area contributed by atoms with Crippen LogP contribution in [-0.4, -0.2) is 34.8 Å². The van der Waals surface area contributed by atoms with E-state index in [2.05, 4.69) is 41.3 Å². The lowest BCUT2D eigenvalue weighted by atomic mass is 9.85. The van der Waals surface area contributed by atoms with E-state index in [4.69, 9.17) is 5.10 Å². The van der Waals surface area contributed by atoms with Crippen LogP contribution in [0.2, 0.25) is 0 Å². The van der Waals surface area contributed by atoms with Crippen molar-refractivity contribution < 1.29 is 4.79 Å². The summed E-state index contributed by atoms with van der Waals surface area (Å²) < 4.78 is 2.13. The Morgan fingerprint density at radius 3 is 2.62 bits per heavy atom. The van der Waals surface area contributed by atoms with Crippen LogP contribution in [0.15, 0.2) is 48.8 Å². The summed E-state index contributed by atoms with van der Waals surface area (Å²) >= 11 is 0. The smallest absolute Gasteiger partial charge is 0.224 e. The van der Waals surface area contributed by atoms with Crippen molar-refractivity contribution in [2.75, 3.05) is 18.0 Å². The highest BCUT2D eigenvalue weighted by molar-refractivity contribution is 5.94. The number of nitriles is 1. The van der Waals surface area contributed by atoms with E-state index in [1.165, 1.54) is 16.7 Å². The molecule has 2 aliphatic heterocycles. The van der Waals surface area contributed by atoms with E-state index >= 15 is 0 Å². The molecule has 6 nitrogen and oxygen atoms in total. The van der Waals surface area contributed by atoms with Crippen LogP contribution in [0.5, 0.6) is 0 Å². The monoisotopic (exact) mass is 453 g/mol. The molecule has 1 atom stereocenters. The van der Waals surface area contributed by atoms with Gasteiger partial charge in [-0.2, -0.15) is 10.4 Å². The molecule has 1 aromatic heterocycles. The van der Waals surface area contributed by atoms with Crippen molar-refractivity contribution in [1.29, 1.82) is 5.26 Å². The number of nitrogens with zero attached hydrogens (tertiary/aromatic N) is 4. The summed E-state index contributed by atoms with van der Waals surface area (Å²) in [6.45, 7) is 5.84. The van der Waals surface area contributed by atoms with Gasteiger partial charge in [-0.15, -0.1) is 0 Å². The normalized spacial score (nSPS) is 18.4. The van der Waals surface area contributed by atoms with Crippen LogP contribution < -0.4 is 10.2 Å². The fraction of sp³-hybridized carbons (Fsp3) is 0.393. The molecule has 0 aliphatic carbocycles. The Hall–Kier alpha value is -3.43. The second-order valence-corrected chi connectivity index (χ2v) is 9.54. The van der Waals surface area contributed by atoms with Crippen LogP contribution in [0.25, 0.3) is 11.1 Å². The van der Waals surface area contributed by atoms with Crippen molar-refractivity contribution in [1.82, 2.24) is 15.1 Å². The van der Waals surface area contributed by atoms with Crippen molar-refractivity contribution in [3.05, 3.63) is 71.0 Å². The molecule has 3 heterocycles. The third kappa shape index (κ3) is 4.24. The van der Waals surface area contributed by atoms with Gasteiger partial charge in [-0.1, -0.05) is 18.2 Å². The molecule has 2 aliphatic rings. The van der Waals surface area contributed by atoms with Crippen LogP contribution >= 0.6 is 0 Å². The topological polar surface area (TPSA) is 74.0 Å². The molecule has 3 aromatic rings. The van der Waals surface area contributed by atoms with Gasteiger partial charge < -0.3 is 10.2 Å². The minimum absolute atomic E-state index is 0.0873. The van der Waals surface area contributed by atoms with Gasteiger partial charge in [0.05, 0.1) is 23.9 Å². The van der Waals surface area contributed by atoms with Crippen LogP contribution in [0, 0.1) is 11.3 Å². The minimum Gasteiger partial charge on any atom is -0.317 e. The fourth-order valence-electron chi connectivity index (χ4n) is 5.51. The number of hydrogen-bond acceptors (Lipinski definition) is 4. The van der Waals surface area contributed by atoms with Gasteiger partial charge >= 0.3 is 0 Å². The molecule has 0 saturated carbocycles. The van der Waals surface area contributed by atoms with Gasteiger partial charge in [0.2, 0.25) is 5.91 Å². The summed E-state index contributed by atoms with van der Waals surface area (Å²) in [5.74, 6) is 0.0873. The number of amides is 1. The first-order chi connectivity index (χ1) is 16.5. The Kier molecular flexibility index (Phi) is 6.21. The number of carbonyl (C=O) groups excluding carboxylic acids is 1. The second kappa shape index (κ2) is 9.44. The lowest BCUT2D eigenvalue weighted by Gasteiger charge is -2.36. The second-order valence-electron chi connectivity index (χ2n) is 9.54. The highest BCUT2D eigenvalue weighted by atomic mass is 16.2. The number of fused-ring (bicyclic) bond motifs is 1. The van der Waals surface area contributed by atoms with Gasteiger partial charge in [0.1, 0.15) is 0 Å². The molecule has 6 heteroatoms. The maximum Gasteiger partial charge on any atom is 0.224 e. The fourth-order valence-corrected chi connectivity index (χ4v) is 5.51. The van der Waals surface area contributed by atoms with E-state index in [0.717, 1.165) is 62.0 Å². The van der Waals surface area contributed by atoms with E-state index in [1.807, 2.05) is 35.4 Å². The molecule has 0 spiro atoms. The summed E-state index contributed by atoms with van der Waals surface area (Å²) in [4.78, 5) is 14.5. The van der Waals surface area contributed by atoms with E-state index in [0.29, 0.717) is 11.6 Å². The quantitative estimate of drug-likeness (QED) is 0.625. The zero-order valence-electron chi connectivity index (χ0n) is 19.9. The Bertz CT molecular complexity index is 1230. The van der Waals surface area contributed by atoms with Crippen molar-refractivity contribution in [2.24, 2.45) is 0 Å². The number of anilines is 1. The number of carbonyl (C=O) groups is 1. The first-order valence-corrected chi connectivity index (χ1v) is 12.2. The number of rotatable bonds is 4. The van der Waals surface area contributed by atoms with Crippen molar-refractivity contribution in [2.45, 2.75) is 58.0 Å². The highest BCUT2D eigenvalue weighted by Crippen LogP contribution is 2.39. The molecule has 1 N–H and O–H groups in total. The first-order valence-electron chi connectivity index (χ1n) is 12.2. The molecule has 1 saturated heterocycles. The molecule has 2 aromatic carbocycles. The maximum absolute atomic E-state index is 12.5. The van der Waals surface area contributed by atoms with Crippen LogP contribution in [-0.2, 0) is 17.6 Å². The molecule has 1 amide bonds. The molecule has 5 rings (SSSR count). The van der Waals surface area contributed by atoms with Crippen molar-refractivity contribution in [3.63, 3.8) is 0 Å². The van der Waals surface area contributed by atoms with E-state index in [9.17, 15) is 10.1 Å². The predicted molar refractivity (Wildman–Crippen MR) is 134 cm³/mol. The van der Waals surface area contributed by atoms with Crippen molar-refractivity contribution in [3.8, 4) is 17.2 Å². The number of nitrogens with one attached hydrogen (secondary N) is 1. The summed E-state index contributed by atoms with van der Waals surface area (Å²) in [7, 11) is 0. The summed E-state index contributed by atoms with van der Waals surface area (Å²) in [5, 5.41) is 17.4. The summed E-state index contributed by atoms with van der Waals surface area (Å²) in [5.41, 5.74) is 7.67. The third-order valence-electron chi connectivity index (χ3n) is 7.32. The zero-order chi connectivity index (χ0) is 23.7. The lowest BCUT2D eigenvalue weighted by molar-refractivity contribution is -0.117. The lowest BCUT2D eigenvalue weighted by Crippen LogP contribution is -2.41. The first kappa shape index (κ1) is 22.4. The molecule has 174 valence electrons. The van der Waals surface area contributed by atoms with Gasteiger partial charge in [-0.3, -0.25) is 9.48 Å². The molecule has 34 heavy (non-hydrogen) atoms. The standard InChI is InChI=1S/C28H31N5O/c1-19-3-8-26-27(15-21-4-6-22(16-29)7-5-21)25(9-10-28(26)33(19)20(2)34)23-17-31-32(18-23)24-11-13-30-14-12-24/h4-7,9-10,17-19,24,30H,3,8,11-15H2,1-2H3. The molecule has 1 fully saturated rings. The van der Waals surface area contributed by atoms with E-state index in [-0.39, 0.29) is 11.9 Å². The van der Waals surface area contributed by atoms with Gasteiger partial charge in [-0.05, 0) is 92.6 Å². The largest absolute Gasteiger partial charge is 0.317 e. The highest BCUT2D eigenvalue weighted by Gasteiger charge is 2.29. The van der Waals surface area contributed by atoms with Crippen LogP contribution in [0.1, 0.15) is 61.4 Å². The Morgan fingerprint density at radius 2 is 1.91 bits per heavy atom. The van der Waals surface area contributed by atoms with E-state index < -0.39 is 0 Å². The maximum atomic E-state index is 12.5. The number of hydrogen-bond donors (Lipinski definition) is 1. The third-order valence-corrected chi connectivity index (χ3v) is 7.32. The average molecular weight is 454 g/mol. The van der Waals surface area contributed by atoms with Gasteiger partial charge in [0, 0.05) is 30.4 Å². The average Bonchev–Trinajstić information content (AvgIpc) is 3.35. The van der Waals surface area contributed by atoms with Crippen LogP contribution in [0.4, 0.5) is 5.69 Å². The van der Waals surface area contributed by atoms with Gasteiger partial charge in [0.15, 0.2) is 0 Å².